The van der Waals surface area contributed by atoms with Crippen LogP contribution in [0.4, 0.5) is 15.8 Å². The van der Waals surface area contributed by atoms with Crippen molar-refractivity contribution in [3.63, 3.8) is 0 Å². The predicted molar refractivity (Wildman–Crippen MR) is 82.2 cm³/mol. The second kappa shape index (κ2) is 6.32. The Balaban J connectivity index is 2.22. The Labute approximate surface area is 131 Å². The molecule has 0 fully saturated rings. The number of anilines is 1. The molecule has 0 atom stereocenters. The summed E-state index contributed by atoms with van der Waals surface area (Å²) in [7, 11) is 0. The first kappa shape index (κ1) is 14.9. The van der Waals surface area contributed by atoms with E-state index in [-0.39, 0.29) is 15.8 Å². The van der Waals surface area contributed by atoms with Gasteiger partial charge >= 0.3 is 0 Å². The molecular weight excluding hydrogens is 395 g/mol. The first-order valence-electron chi connectivity index (χ1n) is 5.59. The molecule has 20 heavy (non-hydrogen) atoms. The Morgan fingerprint density at radius 3 is 2.45 bits per heavy atom. The number of halogens is 3. The Bertz CT molecular complexity index is 648. The maximum atomic E-state index is 13.3. The number of nitrogens with one attached hydrogen (secondary N) is 1. The van der Waals surface area contributed by atoms with Crippen LogP contribution in [0, 0.1) is 15.9 Å². The summed E-state index contributed by atoms with van der Waals surface area (Å²) in [6.07, 6.45) is 0. The Morgan fingerprint density at radius 2 is 1.85 bits per heavy atom. The smallest absolute Gasteiger partial charge is 0.295 e. The highest BCUT2D eigenvalue weighted by molar-refractivity contribution is 9.10. The van der Waals surface area contributed by atoms with E-state index in [0.717, 1.165) is 16.1 Å². The van der Waals surface area contributed by atoms with Crippen molar-refractivity contribution < 1.29 is 9.31 Å². The number of hydrogen-bond acceptors (Lipinski definition) is 3. The quantitative estimate of drug-likeness (QED) is 0.585. The minimum atomic E-state index is -0.661. The zero-order chi connectivity index (χ0) is 14.7. The third kappa shape index (κ3) is 3.55. The van der Waals surface area contributed by atoms with Crippen LogP contribution in [-0.4, -0.2) is 4.92 Å². The van der Waals surface area contributed by atoms with Gasteiger partial charge in [-0.05, 0) is 39.7 Å². The predicted octanol–water partition coefficient (Wildman–Crippen LogP) is 4.87. The van der Waals surface area contributed by atoms with Gasteiger partial charge in [-0.2, -0.15) is 0 Å². The fourth-order valence-corrected chi connectivity index (χ4v) is 2.24. The van der Waals surface area contributed by atoms with Gasteiger partial charge in [-0.25, -0.2) is 4.39 Å². The third-order valence-electron chi connectivity index (χ3n) is 2.63. The van der Waals surface area contributed by atoms with Crippen LogP contribution in [0.1, 0.15) is 5.56 Å². The zero-order valence-electron chi connectivity index (χ0n) is 10.1. The summed E-state index contributed by atoms with van der Waals surface area (Å²) in [6.45, 7) is 0.409. The van der Waals surface area contributed by atoms with Crippen LogP contribution >= 0.6 is 31.9 Å². The van der Waals surface area contributed by atoms with Crippen LogP contribution in [0.15, 0.2) is 45.3 Å². The van der Waals surface area contributed by atoms with Gasteiger partial charge in [0, 0.05) is 11.0 Å². The average Bonchev–Trinajstić information content (AvgIpc) is 2.41. The van der Waals surface area contributed by atoms with Crippen molar-refractivity contribution in [2.75, 3.05) is 5.32 Å². The maximum absolute atomic E-state index is 13.3. The number of nitro benzene ring substituents is 1. The molecule has 0 saturated heterocycles. The molecule has 0 aromatic heterocycles. The lowest BCUT2D eigenvalue weighted by Gasteiger charge is -2.08. The standard InChI is InChI=1S/C13H9Br2FN2O2/c14-9-3-1-8(2-4-9)7-17-12-5-10(15)11(16)6-13(12)18(19)20/h1-6,17H,7H2. The second-order valence-corrected chi connectivity index (χ2v) is 5.79. The number of hydrogen-bond donors (Lipinski definition) is 1. The van der Waals surface area contributed by atoms with Gasteiger partial charge < -0.3 is 5.32 Å². The van der Waals surface area contributed by atoms with Gasteiger partial charge in [0.15, 0.2) is 0 Å². The Kier molecular flexibility index (Phi) is 4.72. The monoisotopic (exact) mass is 402 g/mol. The molecule has 0 bridgehead atoms. The van der Waals surface area contributed by atoms with Crippen LogP contribution in [-0.2, 0) is 6.54 Å². The lowest BCUT2D eigenvalue weighted by atomic mass is 10.2. The van der Waals surface area contributed by atoms with Crippen molar-refractivity contribution in [3.8, 4) is 0 Å². The first-order chi connectivity index (χ1) is 9.47. The van der Waals surface area contributed by atoms with Gasteiger partial charge in [-0.1, -0.05) is 28.1 Å². The van der Waals surface area contributed by atoms with Crippen molar-refractivity contribution in [3.05, 3.63) is 66.8 Å². The minimum Gasteiger partial charge on any atom is -0.375 e. The van der Waals surface area contributed by atoms with E-state index < -0.39 is 10.7 Å². The van der Waals surface area contributed by atoms with Gasteiger partial charge in [0.2, 0.25) is 0 Å². The molecule has 4 nitrogen and oxygen atoms in total. The molecule has 0 aliphatic heterocycles. The number of rotatable bonds is 4. The molecule has 0 aliphatic carbocycles. The van der Waals surface area contributed by atoms with Crippen molar-refractivity contribution in [1.29, 1.82) is 0 Å². The number of nitro groups is 1. The fourth-order valence-electron chi connectivity index (χ4n) is 1.63. The topological polar surface area (TPSA) is 55.2 Å². The summed E-state index contributed by atoms with van der Waals surface area (Å²) >= 11 is 6.35. The first-order valence-corrected chi connectivity index (χ1v) is 7.17. The maximum Gasteiger partial charge on any atom is 0.295 e. The SMILES string of the molecule is O=[N+]([O-])c1cc(F)c(Br)cc1NCc1ccc(Br)cc1. The minimum absolute atomic E-state index is 0.182. The van der Waals surface area contributed by atoms with Gasteiger partial charge in [0.25, 0.3) is 5.69 Å². The fraction of sp³-hybridized carbons (Fsp3) is 0.0769. The summed E-state index contributed by atoms with van der Waals surface area (Å²) in [6, 6.07) is 9.81. The Morgan fingerprint density at radius 1 is 1.20 bits per heavy atom. The molecule has 0 radical (unpaired) electrons. The highest BCUT2D eigenvalue weighted by Crippen LogP contribution is 2.30. The zero-order valence-corrected chi connectivity index (χ0v) is 13.2. The molecular formula is C13H9Br2FN2O2. The molecule has 0 saturated carbocycles. The van der Waals surface area contributed by atoms with Crippen LogP contribution in [0.3, 0.4) is 0 Å². The van der Waals surface area contributed by atoms with E-state index in [9.17, 15) is 14.5 Å². The van der Waals surface area contributed by atoms with E-state index in [2.05, 4.69) is 37.2 Å². The molecule has 2 aromatic carbocycles. The average molecular weight is 404 g/mol. The molecule has 0 amide bonds. The van der Waals surface area contributed by atoms with E-state index in [1.165, 1.54) is 6.07 Å². The second-order valence-electron chi connectivity index (χ2n) is 4.02. The van der Waals surface area contributed by atoms with E-state index in [1.54, 1.807) is 0 Å². The molecule has 0 spiro atoms. The lowest BCUT2D eigenvalue weighted by Crippen LogP contribution is -2.03. The molecule has 7 heteroatoms. The molecule has 0 heterocycles. The molecule has 0 unspecified atom stereocenters. The third-order valence-corrected chi connectivity index (χ3v) is 3.77. The van der Waals surface area contributed by atoms with Gasteiger partial charge in [0.05, 0.1) is 15.5 Å². The van der Waals surface area contributed by atoms with Crippen LogP contribution in [0.5, 0.6) is 0 Å². The van der Waals surface area contributed by atoms with Crippen molar-refractivity contribution >= 4 is 43.2 Å². The van der Waals surface area contributed by atoms with E-state index >= 15 is 0 Å². The summed E-state index contributed by atoms with van der Waals surface area (Å²) in [5.41, 5.74) is 0.942. The van der Waals surface area contributed by atoms with E-state index in [4.69, 9.17) is 0 Å². The van der Waals surface area contributed by atoms with E-state index in [1.807, 2.05) is 24.3 Å². The summed E-state index contributed by atoms with van der Waals surface area (Å²) < 4.78 is 14.5. The van der Waals surface area contributed by atoms with Crippen LogP contribution in [0.25, 0.3) is 0 Å². The Hall–Kier alpha value is -1.47. The molecule has 2 rings (SSSR count). The van der Waals surface area contributed by atoms with Gasteiger partial charge in [-0.15, -0.1) is 0 Å². The van der Waals surface area contributed by atoms with Crippen molar-refractivity contribution in [1.82, 2.24) is 0 Å². The van der Waals surface area contributed by atoms with E-state index in [0.29, 0.717) is 6.54 Å². The van der Waals surface area contributed by atoms with Crippen molar-refractivity contribution in [2.45, 2.75) is 6.54 Å². The van der Waals surface area contributed by atoms with Crippen molar-refractivity contribution in [2.24, 2.45) is 0 Å². The lowest BCUT2D eigenvalue weighted by molar-refractivity contribution is -0.384. The molecule has 2 aromatic rings. The number of nitrogens with zero attached hydrogens (tertiary/aromatic N) is 1. The molecule has 0 aliphatic rings. The molecule has 1 N–H and O–H groups in total. The van der Waals surface area contributed by atoms with Gasteiger partial charge in [-0.3, -0.25) is 10.1 Å². The summed E-state index contributed by atoms with van der Waals surface area (Å²) in [4.78, 5) is 10.3. The normalized spacial score (nSPS) is 10.3. The highest BCUT2D eigenvalue weighted by atomic mass is 79.9. The largest absolute Gasteiger partial charge is 0.375 e. The van der Waals surface area contributed by atoms with Crippen LogP contribution in [0.2, 0.25) is 0 Å². The molecule has 104 valence electrons. The summed E-state index contributed by atoms with van der Waals surface area (Å²) in [5.74, 6) is -0.661. The van der Waals surface area contributed by atoms with Gasteiger partial charge in [0.1, 0.15) is 11.5 Å². The highest BCUT2D eigenvalue weighted by Gasteiger charge is 2.17. The summed E-state index contributed by atoms with van der Waals surface area (Å²) in [5, 5.41) is 13.9. The number of benzene rings is 2. The van der Waals surface area contributed by atoms with Crippen LogP contribution < -0.4 is 5.32 Å².